The molecule has 0 aliphatic rings. The molecule has 7 nitrogen and oxygen atoms in total. The molecule has 24 heavy (non-hydrogen) atoms. The van der Waals surface area contributed by atoms with E-state index in [9.17, 15) is 9.59 Å². The molecular weight excluding hydrogens is 308 g/mol. The van der Waals surface area contributed by atoms with E-state index in [0.29, 0.717) is 5.69 Å². The summed E-state index contributed by atoms with van der Waals surface area (Å²) < 4.78 is 4.72. The lowest BCUT2D eigenvalue weighted by molar-refractivity contribution is -0.142. The first-order chi connectivity index (χ1) is 11.6. The molecule has 7 heteroatoms. The van der Waals surface area contributed by atoms with Gasteiger partial charge in [-0.2, -0.15) is 0 Å². The number of ether oxygens (including phenoxy) is 1. The summed E-state index contributed by atoms with van der Waals surface area (Å²) in [6, 6.07) is 1.95. The van der Waals surface area contributed by atoms with E-state index in [-0.39, 0.29) is 23.4 Å². The molecule has 0 bridgehead atoms. The maximum atomic E-state index is 12.4. The Balaban J connectivity index is 2.23. The van der Waals surface area contributed by atoms with Gasteiger partial charge in [-0.15, -0.1) is 12.8 Å². The van der Waals surface area contributed by atoms with E-state index in [1.54, 1.807) is 6.20 Å². The minimum atomic E-state index is -0.889. The van der Waals surface area contributed by atoms with Crippen LogP contribution in [0.1, 0.15) is 27.4 Å². The van der Waals surface area contributed by atoms with Crippen LogP contribution >= 0.6 is 0 Å². The van der Waals surface area contributed by atoms with Crippen LogP contribution in [0.5, 0.6) is 0 Å². The lowest BCUT2D eigenvalue weighted by atomic mass is 10.1. The Morgan fingerprint density at radius 3 is 2.50 bits per heavy atom. The molecule has 2 rings (SSSR count). The summed E-state index contributed by atoms with van der Waals surface area (Å²) in [5.74, 6) is 3.56. The average molecular weight is 322 g/mol. The van der Waals surface area contributed by atoms with Crippen molar-refractivity contribution in [2.75, 3.05) is 7.11 Å². The maximum Gasteiger partial charge on any atom is 0.328 e. The third-order valence-corrected chi connectivity index (χ3v) is 3.15. The molecule has 2 heterocycles. The molecule has 0 spiro atoms. The molecule has 0 aromatic carbocycles. The summed E-state index contributed by atoms with van der Waals surface area (Å²) in [6.45, 7) is 0. The zero-order valence-electron chi connectivity index (χ0n) is 12.9. The Hall–Kier alpha value is -3.58. The highest BCUT2D eigenvalue weighted by atomic mass is 16.5. The second kappa shape index (κ2) is 7.61. The van der Waals surface area contributed by atoms with Crippen molar-refractivity contribution < 1.29 is 14.3 Å². The predicted molar refractivity (Wildman–Crippen MR) is 85.7 cm³/mol. The summed E-state index contributed by atoms with van der Waals surface area (Å²) in [7, 11) is 1.24. The van der Waals surface area contributed by atoms with Crippen LogP contribution in [0.25, 0.3) is 0 Å². The van der Waals surface area contributed by atoms with Crippen molar-refractivity contribution in [1.82, 2.24) is 20.3 Å². The van der Waals surface area contributed by atoms with Gasteiger partial charge in [0, 0.05) is 23.9 Å². The highest BCUT2D eigenvalue weighted by Crippen LogP contribution is 2.07. The van der Waals surface area contributed by atoms with Crippen LogP contribution in [0.4, 0.5) is 0 Å². The van der Waals surface area contributed by atoms with Crippen molar-refractivity contribution in [2.24, 2.45) is 0 Å². The lowest BCUT2D eigenvalue weighted by Crippen LogP contribution is -2.43. The first-order valence-electron chi connectivity index (χ1n) is 6.88. The molecule has 2 aromatic heterocycles. The first kappa shape index (κ1) is 16.8. The molecule has 0 radical (unpaired) electrons. The Labute approximate surface area is 138 Å². The fourth-order valence-corrected chi connectivity index (χ4v) is 2.00. The number of pyridine rings is 1. The van der Waals surface area contributed by atoms with Crippen molar-refractivity contribution in [2.45, 2.75) is 12.5 Å². The second-order valence-corrected chi connectivity index (χ2v) is 4.75. The Kier molecular flexibility index (Phi) is 5.32. The highest BCUT2D eigenvalue weighted by molar-refractivity contribution is 5.97. The van der Waals surface area contributed by atoms with Crippen LogP contribution in [-0.2, 0) is 16.0 Å². The average Bonchev–Trinajstić information content (AvgIpc) is 3.12. The quantitative estimate of drug-likeness (QED) is 0.609. The van der Waals surface area contributed by atoms with Gasteiger partial charge >= 0.3 is 5.97 Å². The summed E-state index contributed by atoms with van der Waals surface area (Å²) in [5.41, 5.74) is 1.36. The number of aromatic amines is 1. The molecule has 1 atom stereocenters. The van der Waals surface area contributed by atoms with Crippen molar-refractivity contribution >= 4 is 11.9 Å². The third kappa shape index (κ3) is 3.99. The van der Waals surface area contributed by atoms with Gasteiger partial charge in [0.1, 0.15) is 17.4 Å². The van der Waals surface area contributed by atoms with Crippen molar-refractivity contribution in [3.63, 3.8) is 0 Å². The lowest BCUT2D eigenvalue weighted by Gasteiger charge is -2.16. The standard InChI is InChI=1S/C17H14N4O3/c1-4-12-6-11(7-13(5-2)20-12)16(22)21-15(17(23)24-3)8-14-9-18-10-19-14/h1-2,6-7,9-10,15H,8H2,3H3,(H,18,19)(H,21,22)/t15-/m1/s1. The van der Waals surface area contributed by atoms with E-state index in [4.69, 9.17) is 17.6 Å². The van der Waals surface area contributed by atoms with Gasteiger partial charge in [-0.25, -0.2) is 14.8 Å². The number of imidazole rings is 1. The molecule has 0 aliphatic heterocycles. The number of carbonyl (C=O) groups is 2. The van der Waals surface area contributed by atoms with E-state index in [0.717, 1.165) is 0 Å². The summed E-state index contributed by atoms with van der Waals surface area (Å²) in [4.78, 5) is 35.1. The van der Waals surface area contributed by atoms with Crippen molar-refractivity contribution in [3.05, 3.63) is 47.3 Å². The Morgan fingerprint density at radius 1 is 1.33 bits per heavy atom. The number of nitrogens with one attached hydrogen (secondary N) is 2. The number of hydrogen-bond acceptors (Lipinski definition) is 5. The molecule has 0 aliphatic carbocycles. The van der Waals surface area contributed by atoms with Crippen LogP contribution in [0, 0.1) is 24.7 Å². The SMILES string of the molecule is C#Cc1cc(C(=O)N[C@H](Cc2cnc[nH]2)C(=O)OC)cc(C#C)n1. The van der Waals surface area contributed by atoms with Gasteiger partial charge in [-0.05, 0) is 12.1 Å². The van der Waals surface area contributed by atoms with Crippen LogP contribution in [0.3, 0.4) is 0 Å². The number of hydrogen-bond donors (Lipinski definition) is 2. The number of nitrogens with zero attached hydrogens (tertiary/aromatic N) is 2. The number of methoxy groups -OCH3 is 1. The molecule has 0 saturated heterocycles. The van der Waals surface area contributed by atoms with E-state index in [1.165, 1.54) is 25.6 Å². The number of amides is 1. The van der Waals surface area contributed by atoms with Gasteiger partial charge < -0.3 is 15.0 Å². The fraction of sp³-hybridized carbons (Fsp3) is 0.176. The van der Waals surface area contributed by atoms with Gasteiger partial charge in [0.05, 0.1) is 13.4 Å². The maximum absolute atomic E-state index is 12.4. The second-order valence-electron chi connectivity index (χ2n) is 4.75. The molecule has 0 unspecified atom stereocenters. The van der Waals surface area contributed by atoms with E-state index in [1.807, 2.05) is 0 Å². The molecule has 1 amide bonds. The molecule has 2 aromatic rings. The number of carbonyl (C=O) groups excluding carboxylic acids is 2. The van der Waals surface area contributed by atoms with E-state index >= 15 is 0 Å². The molecule has 120 valence electrons. The summed E-state index contributed by atoms with van der Waals surface area (Å²) >= 11 is 0. The molecule has 2 N–H and O–H groups in total. The normalized spacial score (nSPS) is 11.0. The number of esters is 1. The zero-order chi connectivity index (χ0) is 17.5. The zero-order valence-corrected chi connectivity index (χ0v) is 12.9. The van der Waals surface area contributed by atoms with Crippen LogP contribution < -0.4 is 5.32 Å². The smallest absolute Gasteiger partial charge is 0.328 e. The van der Waals surface area contributed by atoms with Gasteiger partial charge in [0.15, 0.2) is 0 Å². The van der Waals surface area contributed by atoms with Crippen LogP contribution in [-0.4, -0.2) is 40.0 Å². The highest BCUT2D eigenvalue weighted by Gasteiger charge is 2.23. The third-order valence-electron chi connectivity index (χ3n) is 3.15. The monoisotopic (exact) mass is 322 g/mol. The number of H-pyrrole nitrogens is 1. The number of aromatic nitrogens is 3. The van der Waals surface area contributed by atoms with Gasteiger partial charge in [0.25, 0.3) is 5.91 Å². The molecule has 0 fully saturated rings. The van der Waals surface area contributed by atoms with Gasteiger partial charge in [-0.3, -0.25) is 4.79 Å². The van der Waals surface area contributed by atoms with E-state index in [2.05, 4.69) is 32.1 Å². The Bertz CT molecular complexity index is 796. The molecule has 0 saturated carbocycles. The first-order valence-corrected chi connectivity index (χ1v) is 6.88. The number of rotatable bonds is 5. The summed E-state index contributed by atoms with van der Waals surface area (Å²) in [6.07, 6.45) is 13.8. The fourth-order valence-electron chi connectivity index (χ4n) is 2.00. The van der Waals surface area contributed by atoms with Crippen LogP contribution in [0.2, 0.25) is 0 Å². The molecular formula is C17H14N4O3. The Morgan fingerprint density at radius 2 is 2.00 bits per heavy atom. The van der Waals surface area contributed by atoms with Crippen molar-refractivity contribution in [3.8, 4) is 24.7 Å². The van der Waals surface area contributed by atoms with Gasteiger partial charge in [0.2, 0.25) is 0 Å². The predicted octanol–water partition coefficient (Wildman–Crippen LogP) is 0.281. The number of terminal acetylenes is 2. The minimum absolute atomic E-state index is 0.202. The van der Waals surface area contributed by atoms with Crippen LogP contribution in [0.15, 0.2) is 24.7 Å². The van der Waals surface area contributed by atoms with Gasteiger partial charge in [-0.1, -0.05) is 11.8 Å². The summed E-state index contributed by atoms with van der Waals surface area (Å²) in [5, 5.41) is 2.60. The van der Waals surface area contributed by atoms with Crippen molar-refractivity contribution in [1.29, 1.82) is 0 Å². The van der Waals surface area contributed by atoms with E-state index < -0.39 is 17.9 Å². The topological polar surface area (TPSA) is 97.0 Å². The largest absolute Gasteiger partial charge is 0.467 e. The minimum Gasteiger partial charge on any atom is -0.467 e.